The summed E-state index contributed by atoms with van der Waals surface area (Å²) in [7, 11) is -3.35. The Kier molecular flexibility index (Phi) is 4.86. The highest BCUT2D eigenvalue weighted by molar-refractivity contribution is 7.93. The lowest BCUT2D eigenvalue weighted by Crippen LogP contribution is -2.35. The average Bonchev–Trinajstić information content (AvgIpc) is 3.23. The summed E-state index contributed by atoms with van der Waals surface area (Å²) in [6.45, 7) is 0.647. The van der Waals surface area contributed by atoms with E-state index in [-0.39, 0.29) is 11.2 Å². The first-order valence-corrected chi connectivity index (χ1v) is 11.0. The van der Waals surface area contributed by atoms with E-state index in [0.717, 1.165) is 49.8 Å². The maximum atomic E-state index is 12.8. The zero-order valence-electron chi connectivity index (χ0n) is 15.1. The lowest BCUT2D eigenvalue weighted by molar-refractivity contribution is 0.0984. The molecule has 27 heavy (non-hydrogen) atoms. The molecule has 0 radical (unpaired) electrons. The zero-order chi connectivity index (χ0) is 18.9. The van der Waals surface area contributed by atoms with Gasteiger partial charge in [-0.3, -0.25) is 14.5 Å². The molecule has 7 heteroatoms. The summed E-state index contributed by atoms with van der Waals surface area (Å²) in [5.74, 6) is -0.0802. The third kappa shape index (κ3) is 3.69. The molecule has 0 saturated heterocycles. The highest BCUT2D eigenvalue weighted by atomic mass is 32.2. The highest BCUT2D eigenvalue weighted by Gasteiger charge is 2.29. The number of amides is 1. The Morgan fingerprint density at radius 2 is 1.96 bits per heavy atom. The van der Waals surface area contributed by atoms with Crippen LogP contribution in [0.4, 0.5) is 11.4 Å². The summed E-state index contributed by atoms with van der Waals surface area (Å²) in [4.78, 5) is 18.6. The topological polar surface area (TPSA) is 79.4 Å². The molecular weight excluding hydrogens is 362 g/mol. The molecular formula is C20H23N3O3S. The number of carbonyl (C=O) groups excluding carboxylic acids is 1. The second-order valence-electron chi connectivity index (χ2n) is 7.20. The molecule has 6 nitrogen and oxygen atoms in total. The molecule has 1 aromatic carbocycles. The van der Waals surface area contributed by atoms with E-state index in [4.69, 9.17) is 0 Å². The highest BCUT2D eigenvalue weighted by Crippen LogP contribution is 2.32. The Hall–Kier alpha value is -2.41. The summed E-state index contributed by atoms with van der Waals surface area (Å²) in [6.07, 6.45) is 8.29. The van der Waals surface area contributed by atoms with Crippen molar-refractivity contribution in [2.24, 2.45) is 0 Å². The van der Waals surface area contributed by atoms with Gasteiger partial charge in [-0.15, -0.1) is 0 Å². The van der Waals surface area contributed by atoms with E-state index in [1.807, 2.05) is 12.1 Å². The van der Waals surface area contributed by atoms with Gasteiger partial charge in [-0.05, 0) is 61.6 Å². The van der Waals surface area contributed by atoms with Crippen molar-refractivity contribution in [1.29, 1.82) is 0 Å². The summed E-state index contributed by atoms with van der Waals surface area (Å²) in [6, 6.07) is 8.96. The summed E-state index contributed by atoms with van der Waals surface area (Å²) in [5.41, 5.74) is 2.97. The van der Waals surface area contributed by atoms with E-state index in [2.05, 4.69) is 9.71 Å². The minimum atomic E-state index is -3.35. The molecule has 0 unspecified atom stereocenters. The van der Waals surface area contributed by atoms with Crippen LogP contribution in [-0.4, -0.2) is 31.1 Å². The van der Waals surface area contributed by atoms with Gasteiger partial charge < -0.3 is 4.90 Å². The Bertz CT molecular complexity index is 938. The van der Waals surface area contributed by atoms with Crippen LogP contribution in [0, 0.1) is 0 Å². The van der Waals surface area contributed by atoms with Crippen LogP contribution in [0.3, 0.4) is 0 Å². The number of nitrogens with zero attached hydrogens (tertiary/aromatic N) is 2. The standard InChI is InChI=1S/C20H23N3O3S/c24-20(16-5-3-11-21-14-16)23-12-4-6-15-13-17(9-10-19(15)23)22-27(25,26)18-7-1-2-8-18/h3,5,9-11,13-14,18,22H,1-2,4,6-8,12H2. The van der Waals surface area contributed by atoms with Crippen molar-refractivity contribution in [3.05, 3.63) is 53.9 Å². The van der Waals surface area contributed by atoms with Crippen molar-refractivity contribution >= 4 is 27.3 Å². The minimum Gasteiger partial charge on any atom is -0.308 e. The first-order chi connectivity index (χ1) is 13.0. The molecule has 1 aromatic heterocycles. The van der Waals surface area contributed by atoms with Crippen LogP contribution in [-0.2, 0) is 16.4 Å². The van der Waals surface area contributed by atoms with E-state index in [1.54, 1.807) is 35.5 Å². The third-order valence-corrected chi connectivity index (χ3v) is 7.22. The Labute approximate surface area is 159 Å². The lowest BCUT2D eigenvalue weighted by Gasteiger charge is -2.30. The van der Waals surface area contributed by atoms with Crippen LogP contribution >= 0.6 is 0 Å². The van der Waals surface area contributed by atoms with Gasteiger partial charge >= 0.3 is 0 Å². The van der Waals surface area contributed by atoms with Crippen molar-refractivity contribution in [2.45, 2.75) is 43.8 Å². The number of carbonyl (C=O) groups is 1. The van der Waals surface area contributed by atoms with Crippen LogP contribution in [0.2, 0.25) is 0 Å². The van der Waals surface area contributed by atoms with Gasteiger partial charge in [-0.25, -0.2) is 8.42 Å². The van der Waals surface area contributed by atoms with Crippen LogP contribution in [0.1, 0.15) is 48.0 Å². The van der Waals surface area contributed by atoms with Gasteiger partial charge in [0.05, 0.1) is 10.8 Å². The smallest absolute Gasteiger partial charge is 0.259 e. The number of aromatic nitrogens is 1. The summed E-state index contributed by atoms with van der Waals surface area (Å²) in [5, 5.41) is -0.294. The Balaban J connectivity index is 1.58. The van der Waals surface area contributed by atoms with Gasteiger partial charge in [0, 0.05) is 30.3 Å². The third-order valence-electron chi connectivity index (χ3n) is 5.35. The quantitative estimate of drug-likeness (QED) is 0.875. The predicted molar refractivity (Wildman–Crippen MR) is 105 cm³/mol. The van der Waals surface area contributed by atoms with Crippen molar-refractivity contribution in [1.82, 2.24) is 4.98 Å². The number of hydrogen-bond acceptors (Lipinski definition) is 4. The molecule has 0 spiro atoms. The van der Waals surface area contributed by atoms with Gasteiger partial charge in [0.25, 0.3) is 5.91 Å². The van der Waals surface area contributed by atoms with E-state index < -0.39 is 10.0 Å². The van der Waals surface area contributed by atoms with Crippen molar-refractivity contribution < 1.29 is 13.2 Å². The lowest BCUT2D eigenvalue weighted by atomic mass is 10.0. The number of benzene rings is 1. The van der Waals surface area contributed by atoms with Crippen molar-refractivity contribution in [3.8, 4) is 0 Å². The molecule has 1 aliphatic carbocycles. The van der Waals surface area contributed by atoms with Crippen molar-refractivity contribution in [3.63, 3.8) is 0 Å². The monoisotopic (exact) mass is 385 g/mol. The molecule has 2 heterocycles. The number of rotatable bonds is 4. The molecule has 1 amide bonds. The number of nitrogens with one attached hydrogen (secondary N) is 1. The second-order valence-corrected chi connectivity index (χ2v) is 9.16. The molecule has 1 fully saturated rings. The van der Waals surface area contributed by atoms with Crippen molar-refractivity contribution in [2.75, 3.05) is 16.2 Å². The number of fused-ring (bicyclic) bond motifs is 1. The van der Waals surface area contributed by atoms with E-state index >= 15 is 0 Å². The average molecular weight is 385 g/mol. The number of hydrogen-bond donors (Lipinski definition) is 1. The zero-order valence-corrected chi connectivity index (χ0v) is 15.9. The molecule has 142 valence electrons. The van der Waals surface area contributed by atoms with E-state index in [1.165, 1.54) is 0 Å². The van der Waals surface area contributed by atoms with Gasteiger partial charge in [0.15, 0.2) is 0 Å². The van der Waals surface area contributed by atoms with Crippen LogP contribution in [0.5, 0.6) is 0 Å². The van der Waals surface area contributed by atoms with Crippen LogP contribution < -0.4 is 9.62 Å². The molecule has 1 N–H and O–H groups in total. The molecule has 0 atom stereocenters. The number of anilines is 2. The van der Waals surface area contributed by atoms with Gasteiger partial charge in [-0.2, -0.15) is 0 Å². The number of pyridine rings is 1. The largest absolute Gasteiger partial charge is 0.308 e. The minimum absolute atomic E-state index is 0.0802. The molecule has 2 aromatic rings. The number of aryl methyl sites for hydroxylation is 1. The summed E-state index contributed by atoms with van der Waals surface area (Å²) >= 11 is 0. The van der Waals surface area contributed by atoms with E-state index in [0.29, 0.717) is 17.8 Å². The SMILES string of the molecule is O=C(c1cccnc1)N1CCCc2cc(NS(=O)(=O)C3CCCC3)ccc21. The van der Waals surface area contributed by atoms with E-state index in [9.17, 15) is 13.2 Å². The molecule has 2 aliphatic rings. The molecule has 0 bridgehead atoms. The van der Waals surface area contributed by atoms with Gasteiger partial charge in [0.1, 0.15) is 0 Å². The molecule has 1 aliphatic heterocycles. The Morgan fingerprint density at radius 1 is 1.15 bits per heavy atom. The van der Waals surface area contributed by atoms with Crippen LogP contribution in [0.15, 0.2) is 42.7 Å². The maximum absolute atomic E-state index is 12.8. The normalized spacial score (nSPS) is 17.6. The fourth-order valence-corrected chi connectivity index (χ4v) is 5.54. The maximum Gasteiger partial charge on any atom is 0.259 e. The Morgan fingerprint density at radius 3 is 2.70 bits per heavy atom. The molecule has 4 rings (SSSR count). The molecule has 1 saturated carbocycles. The fraction of sp³-hybridized carbons (Fsp3) is 0.400. The number of sulfonamides is 1. The van der Waals surface area contributed by atoms with Gasteiger partial charge in [0.2, 0.25) is 10.0 Å². The van der Waals surface area contributed by atoms with Crippen LogP contribution in [0.25, 0.3) is 0 Å². The fourth-order valence-electron chi connectivity index (χ4n) is 3.96. The first kappa shape index (κ1) is 18.0. The second kappa shape index (κ2) is 7.31. The first-order valence-electron chi connectivity index (χ1n) is 9.41. The predicted octanol–water partition coefficient (Wildman–Crippen LogP) is 3.36. The van der Waals surface area contributed by atoms with Gasteiger partial charge in [-0.1, -0.05) is 12.8 Å². The summed E-state index contributed by atoms with van der Waals surface area (Å²) < 4.78 is 27.8.